The normalized spacial score (nSPS) is 20.5. The molecule has 0 saturated carbocycles. The molecule has 2 aromatic rings. The van der Waals surface area contributed by atoms with E-state index in [-0.39, 0.29) is 29.6 Å². The molecule has 0 radical (unpaired) electrons. The van der Waals surface area contributed by atoms with Crippen molar-refractivity contribution in [1.29, 1.82) is 0 Å². The number of aromatic nitrogens is 1. The number of non-ortho nitro benzene ring substituents is 1. The third-order valence-electron chi connectivity index (χ3n) is 5.07. The van der Waals surface area contributed by atoms with Crippen LogP contribution in [0.25, 0.3) is 0 Å². The second kappa shape index (κ2) is 9.25. The summed E-state index contributed by atoms with van der Waals surface area (Å²) in [6.07, 6.45) is 5.26. The van der Waals surface area contributed by atoms with Gasteiger partial charge in [0.05, 0.1) is 11.3 Å². The number of thioether (sulfide) groups is 1. The standard InChI is InChI=1S/C21H24N4O4S/c1-15(2)21(13-29-16(3)26)20(30-19-6-4-5-18(11-19)25(27)28)24(14-23-21)12-17-7-9-22-10-8-17/h4-11,14-15,20H,12-13H2,1-3H3. The maximum Gasteiger partial charge on any atom is 0.302 e. The van der Waals surface area contributed by atoms with E-state index in [4.69, 9.17) is 9.73 Å². The molecular weight excluding hydrogens is 404 g/mol. The van der Waals surface area contributed by atoms with Crippen LogP contribution in [0, 0.1) is 16.0 Å². The van der Waals surface area contributed by atoms with E-state index in [0.717, 1.165) is 10.5 Å². The van der Waals surface area contributed by atoms with Crippen molar-refractivity contribution in [1.82, 2.24) is 9.88 Å². The summed E-state index contributed by atoms with van der Waals surface area (Å²) >= 11 is 1.49. The van der Waals surface area contributed by atoms with Gasteiger partial charge in [-0.1, -0.05) is 31.7 Å². The Balaban J connectivity index is 1.95. The number of benzene rings is 1. The van der Waals surface area contributed by atoms with Gasteiger partial charge in [-0.05, 0) is 29.7 Å². The van der Waals surface area contributed by atoms with Gasteiger partial charge in [-0.3, -0.25) is 24.9 Å². The molecule has 2 unspecified atom stereocenters. The third-order valence-corrected chi connectivity index (χ3v) is 6.50. The Morgan fingerprint density at radius 1 is 1.33 bits per heavy atom. The number of nitro benzene ring substituents is 1. The highest BCUT2D eigenvalue weighted by molar-refractivity contribution is 8.00. The number of pyridine rings is 1. The van der Waals surface area contributed by atoms with Crippen molar-refractivity contribution in [3.05, 3.63) is 64.5 Å². The number of nitro groups is 1. The summed E-state index contributed by atoms with van der Waals surface area (Å²) in [6.45, 7) is 6.18. The number of esters is 1. The number of nitrogens with zero attached hydrogens (tertiary/aromatic N) is 4. The Hall–Kier alpha value is -2.94. The van der Waals surface area contributed by atoms with Gasteiger partial charge < -0.3 is 9.64 Å². The molecule has 0 aliphatic carbocycles. The molecule has 2 heterocycles. The fourth-order valence-corrected chi connectivity index (χ4v) is 4.78. The zero-order chi connectivity index (χ0) is 21.7. The lowest BCUT2D eigenvalue weighted by Gasteiger charge is -2.39. The molecule has 9 heteroatoms. The van der Waals surface area contributed by atoms with Gasteiger partial charge in [-0.25, -0.2) is 0 Å². The monoisotopic (exact) mass is 428 g/mol. The first-order chi connectivity index (χ1) is 14.3. The van der Waals surface area contributed by atoms with Crippen LogP contribution in [-0.2, 0) is 16.1 Å². The van der Waals surface area contributed by atoms with E-state index in [1.807, 2.05) is 32.0 Å². The summed E-state index contributed by atoms with van der Waals surface area (Å²) in [6, 6.07) is 10.4. The summed E-state index contributed by atoms with van der Waals surface area (Å²) in [5.41, 5.74) is 0.413. The number of aliphatic imine (C=N–C) groups is 1. The lowest BCUT2D eigenvalue weighted by Crippen LogP contribution is -2.50. The van der Waals surface area contributed by atoms with Crippen LogP contribution < -0.4 is 0 Å². The van der Waals surface area contributed by atoms with Crippen LogP contribution in [0.1, 0.15) is 26.3 Å². The Morgan fingerprint density at radius 3 is 2.70 bits per heavy atom. The second-order valence-corrected chi connectivity index (χ2v) is 8.58. The highest BCUT2D eigenvalue weighted by Crippen LogP contribution is 2.43. The van der Waals surface area contributed by atoms with Crippen LogP contribution in [0.4, 0.5) is 5.69 Å². The summed E-state index contributed by atoms with van der Waals surface area (Å²) < 4.78 is 5.41. The molecule has 30 heavy (non-hydrogen) atoms. The van der Waals surface area contributed by atoms with Gasteiger partial charge >= 0.3 is 5.97 Å². The predicted molar refractivity (Wildman–Crippen MR) is 115 cm³/mol. The van der Waals surface area contributed by atoms with E-state index < -0.39 is 10.5 Å². The molecule has 0 bridgehead atoms. The molecule has 1 aromatic carbocycles. The van der Waals surface area contributed by atoms with E-state index in [9.17, 15) is 14.9 Å². The van der Waals surface area contributed by atoms with Crippen molar-refractivity contribution in [3.63, 3.8) is 0 Å². The van der Waals surface area contributed by atoms with Crippen molar-refractivity contribution in [3.8, 4) is 0 Å². The molecule has 1 aromatic heterocycles. The molecule has 0 N–H and O–H groups in total. The lowest BCUT2D eigenvalue weighted by atomic mass is 9.87. The first-order valence-electron chi connectivity index (χ1n) is 9.56. The second-order valence-electron chi connectivity index (χ2n) is 7.42. The Labute approximate surface area is 179 Å². The molecule has 0 saturated heterocycles. The van der Waals surface area contributed by atoms with Crippen LogP contribution in [0.3, 0.4) is 0 Å². The smallest absolute Gasteiger partial charge is 0.302 e. The lowest BCUT2D eigenvalue weighted by molar-refractivity contribution is -0.385. The van der Waals surface area contributed by atoms with Crippen LogP contribution in [-0.4, -0.2) is 44.6 Å². The fourth-order valence-electron chi connectivity index (χ4n) is 3.31. The van der Waals surface area contributed by atoms with Crippen molar-refractivity contribution in [2.24, 2.45) is 10.9 Å². The van der Waals surface area contributed by atoms with Gasteiger partial charge in [0.25, 0.3) is 5.69 Å². The largest absolute Gasteiger partial charge is 0.463 e. The summed E-state index contributed by atoms with van der Waals surface area (Å²) in [7, 11) is 0. The maximum atomic E-state index is 11.5. The summed E-state index contributed by atoms with van der Waals surface area (Å²) in [4.78, 5) is 34.1. The molecule has 0 fully saturated rings. The minimum Gasteiger partial charge on any atom is -0.463 e. The average molecular weight is 429 g/mol. The van der Waals surface area contributed by atoms with E-state index in [1.54, 1.807) is 30.9 Å². The Morgan fingerprint density at radius 2 is 2.07 bits per heavy atom. The number of ether oxygens (including phenoxy) is 1. The third kappa shape index (κ3) is 4.79. The van der Waals surface area contributed by atoms with Crippen LogP contribution >= 0.6 is 11.8 Å². The van der Waals surface area contributed by atoms with Gasteiger partial charge in [-0.15, -0.1) is 0 Å². The average Bonchev–Trinajstić information content (AvgIpc) is 3.06. The molecule has 3 rings (SSSR count). The highest BCUT2D eigenvalue weighted by Gasteiger charge is 2.49. The van der Waals surface area contributed by atoms with Crippen molar-refractivity contribution >= 4 is 29.8 Å². The summed E-state index contributed by atoms with van der Waals surface area (Å²) in [5.74, 6) is -0.302. The minimum absolute atomic E-state index is 0.0368. The molecule has 158 valence electrons. The number of hydrogen-bond donors (Lipinski definition) is 0. The molecule has 2 atom stereocenters. The first-order valence-corrected chi connectivity index (χ1v) is 10.4. The van der Waals surface area contributed by atoms with E-state index in [2.05, 4.69) is 9.88 Å². The molecule has 8 nitrogen and oxygen atoms in total. The predicted octanol–water partition coefficient (Wildman–Crippen LogP) is 3.91. The molecular formula is C21H24N4O4S. The van der Waals surface area contributed by atoms with Gasteiger partial charge in [0.15, 0.2) is 0 Å². The number of hydrogen-bond acceptors (Lipinski definition) is 8. The molecule has 0 amide bonds. The van der Waals surface area contributed by atoms with Gasteiger partial charge in [0.2, 0.25) is 0 Å². The van der Waals surface area contributed by atoms with Gasteiger partial charge in [0.1, 0.15) is 17.5 Å². The quantitative estimate of drug-likeness (QED) is 0.357. The zero-order valence-electron chi connectivity index (χ0n) is 17.1. The molecule has 1 aliphatic rings. The fraction of sp³-hybridized carbons (Fsp3) is 0.381. The topological polar surface area (TPSA) is 97.9 Å². The van der Waals surface area contributed by atoms with E-state index >= 15 is 0 Å². The Bertz CT molecular complexity index is 938. The Kier molecular flexibility index (Phi) is 6.71. The number of carbonyl (C=O) groups is 1. The maximum absolute atomic E-state index is 11.5. The van der Waals surface area contributed by atoms with E-state index in [0.29, 0.717) is 6.54 Å². The zero-order valence-corrected chi connectivity index (χ0v) is 17.9. The first kappa shape index (κ1) is 21.8. The molecule has 1 aliphatic heterocycles. The molecule has 0 spiro atoms. The SMILES string of the molecule is CC(=O)OCC1(C(C)C)N=CN(Cc2ccncc2)C1Sc1cccc([N+](=O)[O-])c1. The number of rotatable bonds is 8. The minimum atomic E-state index is -0.687. The van der Waals surface area contributed by atoms with Crippen molar-refractivity contribution < 1.29 is 14.5 Å². The van der Waals surface area contributed by atoms with Crippen LogP contribution in [0.15, 0.2) is 58.7 Å². The van der Waals surface area contributed by atoms with E-state index in [1.165, 1.54) is 24.8 Å². The highest BCUT2D eigenvalue weighted by atomic mass is 32.2. The van der Waals surface area contributed by atoms with Crippen LogP contribution in [0.2, 0.25) is 0 Å². The van der Waals surface area contributed by atoms with Crippen LogP contribution in [0.5, 0.6) is 0 Å². The summed E-state index contributed by atoms with van der Waals surface area (Å²) in [5, 5.41) is 11.0. The van der Waals surface area contributed by atoms with Crippen molar-refractivity contribution in [2.45, 2.75) is 43.1 Å². The van der Waals surface area contributed by atoms with Gasteiger partial charge in [-0.2, -0.15) is 0 Å². The van der Waals surface area contributed by atoms with Crippen molar-refractivity contribution in [2.75, 3.05) is 6.61 Å². The number of carbonyl (C=O) groups excluding carboxylic acids is 1. The van der Waals surface area contributed by atoms with Gasteiger partial charge in [0, 0.05) is 42.9 Å².